The molecule has 1 N–H and O–H groups in total. The fraction of sp³-hybridized carbons (Fsp3) is 0.269. The summed E-state index contributed by atoms with van der Waals surface area (Å²) in [5, 5.41) is 14.0. The summed E-state index contributed by atoms with van der Waals surface area (Å²) in [5.41, 5.74) is 5.30. The smallest absolute Gasteiger partial charge is 0.224 e. The number of carbonyl (C=O) groups excluding carboxylic acids is 1. The average molecular weight is 445 g/mol. The first kappa shape index (κ1) is 23.2. The number of thiazole rings is 1. The Morgan fingerprint density at radius 3 is 2.31 bits per heavy atom. The van der Waals surface area contributed by atoms with E-state index < -0.39 is 0 Å². The van der Waals surface area contributed by atoms with Crippen LogP contribution in [0, 0.1) is 18.3 Å². The van der Waals surface area contributed by atoms with Crippen molar-refractivity contribution < 1.29 is 4.79 Å². The molecule has 0 saturated heterocycles. The number of aromatic nitrogens is 1. The van der Waals surface area contributed by atoms with Crippen molar-refractivity contribution in [3.63, 3.8) is 0 Å². The number of hydrogen-bond acceptors (Lipinski definition) is 5. The molecule has 5 nitrogen and oxygen atoms in total. The minimum atomic E-state index is -0.0805. The highest BCUT2D eigenvalue weighted by Crippen LogP contribution is 2.36. The lowest BCUT2D eigenvalue weighted by Gasteiger charge is -2.20. The molecule has 0 unspecified atom stereocenters. The van der Waals surface area contributed by atoms with Gasteiger partial charge < -0.3 is 10.2 Å². The van der Waals surface area contributed by atoms with Gasteiger partial charge in [0.15, 0.2) is 0 Å². The number of anilines is 2. The minimum absolute atomic E-state index is 0.0805. The van der Waals surface area contributed by atoms with Crippen LogP contribution in [0.2, 0.25) is 0 Å². The summed E-state index contributed by atoms with van der Waals surface area (Å²) >= 11 is 1.33. The maximum absolute atomic E-state index is 12.1. The molecule has 0 saturated carbocycles. The van der Waals surface area contributed by atoms with Gasteiger partial charge in [0.25, 0.3) is 0 Å². The Morgan fingerprint density at radius 1 is 1.09 bits per heavy atom. The maximum Gasteiger partial charge on any atom is 0.224 e. The second-order valence-electron chi connectivity index (χ2n) is 7.40. The number of aryl methyl sites for hydroxylation is 1. The third kappa shape index (κ3) is 5.43. The summed E-state index contributed by atoms with van der Waals surface area (Å²) in [6, 6.07) is 18.4. The molecule has 2 aromatic carbocycles. The van der Waals surface area contributed by atoms with Crippen LogP contribution >= 0.6 is 11.3 Å². The Hall–Kier alpha value is -3.43. The first-order valence-electron chi connectivity index (χ1n) is 10.8. The van der Waals surface area contributed by atoms with Crippen molar-refractivity contribution in [2.24, 2.45) is 0 Å². The molecule has 0 aliphatic carbocycles. The van der Waals surface area contributed by atoms with E-state index in [0.29, 0.717) is 27.7 Å². The largest absolute Gasteiger partial charge is 0.372 e. The number of nitrogens with one attached hydrogen (secondary N) is 1. The third-order valence-electron chi connectivity index (χ3n) is 5.21. The molecule has 0 atom stereocenters. The zero-order chi connectivity index (χ0) is 23.1. The molecule has 164 valence electrons. The standard InChI is InChI=1S/C26H28N4OS/c1-5-23(31)28-26-24(20-12-8-18(4)9-13-20)29-25(32-26)21(17-27)16-19-10-14-22(15-11-19)30(6-2)7-3/h8-16H,5-7H2,1-4H3,(H,28,31). The molecule has 1 amide bonds. The van der Waals surface area contributed by atoms with Crippen LogP contribution in [0.3, 0.4) is 0 Å². The van der Waals surface area contributed by atoms with Gasteiger partial charge in [-0.05, 0) is 44.5 Å². The highest BCUT2D eigenvalue weighted by atomic mass is 32.1. The first-order valence-corrected chi connectivity index (χ1v) is 11.7. The van der Waals surface area contributed by atoms with Crippen molar-refractivity contribution in [3.05, 3.63) is 64.7 Å². The summed E-state index contributed by atoms with van der Waals surface area (Å²) in [4.78, 5) is 19.1. The molecule has 1 aromatic heterocycles. The number of nitriles is 1. The van der Waals surface area contributed by atoms with Gasteiger partial charge >= 0.3 is 0 Å². The Balaban J connectivity index is 1.99. The Morgan fingerprint density at radius 2 is 1.75 bits per heavy atom. The summed E-state index contributed by atoms with van der Waals surface area (Å²) in [5.74, 6) is -0.0805. The lowest BCUT2D eigenvalue weighted by atomic mass is 10.1. The van der Waals surface area contributed by atoms with E-state index >= 15 is 0 Å². The van der Waals surface area contributed by atoms with Crippen molar-refractivity contribution in [1.29, 1.82) is 5.26 Å². The number of hydrogen-bond donors (Lipinski definition) is 1. The average Bonchev–Trinajstić information content (AvgIpc) is 3.23. The molecule has 0 aliphatic rings. The van der Waals surface area contributed by atoms with Crippen LogP contribution in [-0.2, 0) is 4.79 Å². The Labute approximate surface area is 194 Å². The van der Waals surface area contributed by atoms with E-state index in [-0.39, 0.29) is 5.91 Å². The van der Waals surface area contributed by atoms with Gasteiger partial charge in [-0.15, -0.1) is 0 Å². The van der Waals surface area contributed by atoms with Crippen LogP contribution in [0.15, 0.2) is 48.5 Å². The van der Waals surface area contributed by atoms with Crippen molar-refractivity contribution >= 4 is 39.6 Å². The third-order valence-corrected chi connectivity index (χ3v) is 6.21. The number of nitrogens with zero attached hydrogens (tertiary/aromatic N) is 3. The summed E-state index contributed by atoms with van der Waals surface area (Å²) < 4.78 is 0. The predicted molar refractivity (Wildman–Crippen MR) is 135 cm³/mol. The highest BCUT2D eigenvalue weighted by Gasteiger charge is 2.17. The van der Waals surface area contributed by atoms with Gasteiger partial charge in [-0.3, -0.25) is 4.79 Å². The lowest BCUT2D eigenvalue weighted by molar-refractivity contribution is -0.115. The van der Waals surface area contributed by atoms with Gasteiger partial charge in [0.05, 0.1) is 5.57 Å². The molecule has 0 spiro atoms. The summed E-state index contributed by atoms with van der Waals surface area (Å²) in [6.45, 7) is 10.00. The normalized spacial score (nSPS) is 11.2. The monoisotopic (exact) mass is 444 g/mol. The highest BCUT2D eigenvalue weighted by molar-refractivity contribution is 7.17. The number of rotatable bonds is 8. The molecule has 0 fully saturated rings. The molecule has 3 aromatic rings. The van der Waals surface area contributed by atoms with Crippen molar-refractivity contribution in [2.75, 3.05) is 23.3 Å². The van der Waals surface area contributed by atoms with Gasteiger partial charge in [-0.25, -0.2) is 4.98 Å². The molecular formula is C26H28N4OS. The van der Waals surface area contributed by atoms with Crippen LogP contribution in [-0.4, -0.2) is 24.0 Å². The number of carbonyl (C=O) groups is 1. The maximum atomic E-state index is 12.1. The second-order valence-corrected chi connectivity index (χ2v) is 8.40. The molecule has 0 radical (unpaired) electrons. The molecule has 3 rings (SSSR count). The van der Waals surface area contributed by atoms with Gasteiger partial charge in [0.2, 0.25) is 5.91 Å². The van der Waals surface area contributed by atoms with E-state index in [1.165, 1.54) is 11.3 Å². The van der Waals surface area contributed by atoms with E-state index in [2.05, 4.69) is 42.3 Å². The van der Waals surface area contributed by atoms with Crippen LogP contribution in [0.5, 0.6) is 0 Å². The number of allylic oxidation sites excluding steroid dienone is 1. The Kier molecular flexibility index (Phi) is 7.80. The molecule has 0 bridgehead atoms. The van der Waals surface area contributed by atoms with Gasteiger partial charge in [0.1, 0.15) is 21.8 Å². The zero-order valence-electron chi connectivity index (χ0n) is 19.0. The molecule has 1 heterocycles. The fourth-order valence-corrected chi connectivity index (χ4v) is 4.29. The van der Waals surface area contributed by atoms with Crippen LogP contribution < -0.4 is 10.2 Å². The van der Waals surface area contributed by atoms with Gasteiger partial charge in [-0.1, -0.05) is 60.2 Å². The van der Waals surface area contributed by atoms with Crippen LogP contribution in [0.4, 0.5) is 10.7 Å². The zero-order valence-corrected chi connectivity index (χ0v) is 19.8. The van der Waals surface area contributed by atoms with Crippen molar-refractivity contribution in [1.82, 2.24) is 4.98 Å². The first-order chi connectivity index (χ1) is 15.5. The van der Waals surface area contributed by atoms with Crippen molar-refractivity contribution in [2.45, 2.75) is 34.1 Å². The Bertz CT molecular complexity index is 1130. The van der Waals surface area contributed by atoms with Crippen LogP contribution in [0.25, 0.3) is 22.9 Å². The topological polar surface area (TPSA) is 69.0 Å². The summed E-state index contributed by atoms with van der Waals surface area (Å²) in [6.07, 6.45) is 2.22. The van der Waals surface area contributed by atoms with E-state index in [4.69, 9.17) is 4.98 Å². The quantitative estimate of drug-likeness (QED) is 0.409. The van der Waals surface area contributed by atoms with E-state index in [1.54, 1.807) is 0 Å². The van der Waals surface area contributed by atoms with E-state index in [9.17, 15) is 10.1 Å². The fourth-order valence-electron chi connectivity index (χ4n) is 3.32. The SMILES string of the molecule is CCC(=O)Nc1sc(C(C#N)=Cc2ccc(N(CC)CC)cc2)nc1-c1ccc(C)cc1. The predicted octanol–water partition coefficient (Wildman–Crippen LogP) is 6.38. The van der Waals surface area contributed by atoms with Crippen LogP contribution in [0.1, 0.15) is 43.3 Å². The molecule has 0 aliphatic heterocycles. The second kappa shape index (κ2) is 10.7. The van der Waals surface area contributed by atoms with E-state index in [0.717, 1.165) is 35.5 Å². The van der Waals surface area contributed by atoms with Gasteiger partial charge in [-0.2, -0.15) is 5.26 Å². The molecule has 6 heteroatoms. The number of amides is 1. The lowest BCUT2D eigenvalue weighted by Crippen LogP contribution is -2.21. The summed E-state index contributed by atoms with van der Waals surface area (Å²) in [7, 11) is 0. The van der Waals surface area contributed by atoms with Crippen molar-refractivity contribution in [3.8, 4) is 17.3 Å². The van der Waals surface area contributed by atoms with E-state index in [1.807, 2.05) is 56.3 Å². The van der Waals surface area contributed by atoms with Gasteiger partial charge in [0, 0.05) is 30.8 Å². The molecule has 32 heavy (non-hydrogen) atoms. The number of benzene rings is 2. The molecular weight excluding hydrogens is 416 g/mol. The minimum Gasteiger partial charge on any atom is -0.372 e.